The third kappa shape index (κ3) is 7.21. The molecule has 10 nitrogen and oxygen atoms in total. The van der Waals surface area contributed by atoms with E-state index < -0.39 is 14.8 Å². The van der Waals surface area contributed by atoms with Crippen molar-refractivity contribution in [3.8, 4) is 28.4 Å². The molecule has 0 saturated carbocycles. The normalized spacial score (nSPS) is 11.6. The number of imidazole rings is 1. The van der Waals surface area contributed by atoms with Crippen molar-refractivity contribution in [2.75, 3.05) is 12.0 Å². The standard InChI is InChI=1S/C25H27ClN6O4S2/c1-3-4-9-21-27-23(26)25(36-22(33)14-15-37-38(2,34)35)32(21)16-17-10-12-18(13-11-17)19-7-5-6-8-20(19)24-28-30-31-29-24/h5-8,10-13H,3-4,9,14-16H2,1-2H3,(H,28,29,30,31). The topological polar surface area (TPSA) is 133 Å². The van der Waals surface area contributed by atoms with E-state index in [0.29, 0.717) is 29.6 Å². The van der Waals surface area contributed by atoms with E-state index in [2.05, 4.69) is 32.5 Å². The average molecular weight is 575 g/mol. The molecule has 0 aliphatic heterocycles. The second-order valence-corrected chi connectivity index (χ2v) is 13.5. The summed E-state index contributed by atoms with van der Waals surface area (Å²) in [6.45, 7) is 2.48. The lowest BCUT2D eigenvalue weighted by Crippen LogP contribution is -2.14. The number of aryl methyl sites for hydroxylation is 1. The van der Waals surface area contributed by atoms with Gasteiger partial charge in [0.15, 0.2) is 14.0 Å². The van der Waals surface area contributed by atoms with Crippen molar-refractivity contribution in [3.63, 3.8) is 0 Å². The molecule has 0 radical (unpaired) electrons. The molecule has 0 fully saturated rings. The predicted octanol–water partition coefficient (Wildman–Crippen LogP) is 4.76. The number of benzene rings is 2. The highest BCUT2D eigenvalue weighted by molar-refractivity contribution is 8.71. The Bertz CT molecular complexity index is 1490. The number of nitrogens with zero attached hydrogens (tertiary/aromatic N) is 5. The number of carbonyl (C=O) groups is 1. The van der Waals surface area contributed by atoms with E-state index in [1.807, 2.05) is 53.1 Å². The van der Waals surface area contributed by atoms with Crippen LogP contribution in [0.5, 0.6) is 5.88 Å². The van der Waals surface area contributed by atoms with E-state index in [4.69, 9.17) is 16.3 Å². The zero-order valence-corrected chi connectivity index (χ0v) is 23.3. The Balaban J connectivity index is 1.56. The quantitative estimate of drug-likeness (QED) is 0.188. The van der Waals surface area contributed by atoms with Gasteiger partial charge in [-0.1, -0.05) is 73.5 Å². The number of esters is 1. The first-order chi connectivity index (χ1) is 18.2. The molecule has 0 aliphatic carbocycles. The lowest BCUT2D eigenvalue weighted by atomic mass is 9.98. The van der Waals surface area contributed by atoms with Gasteiger partial charge in [-0.2, -0.15) is 5.21 Å². The minimum absolute atomic E-state index is 0.0714. The minimum atomic E-state index is -3.24. The van der Waals surface area contributed by atoms with E-state index in [1.165, 1.54) is 0 Å². The molecule has 0 spiro atoms. The van der Waals surface area contributed by atoms with Crippen LogP contribution in [0.2, 0.25) is 5.15 Å². The highest BCUT2D eigenvalue weighted by Crippen LogP contribution is 2.31. The lowest BCUT2D eigenvalue weighted by Gasteiger charge is -2.13. The van der Waals surface area contributed by atoms with Crippen molar-refractivity contribution in [2.24, 2.45) is 0 Å². The second kappa shape index (κ2) is 12.5. The summed E-state index contributed by atoms with van der Waals surface area (Å²) >= 11 is 6.39. The Morgan fingerprint density at radius 1 is 1.13 bits per heavy atom. The molecule has 200 valence electrons. The van der Waals surface area contributed by atoms with Crippen LogP contribution >= 0.6 is 22.4 Å². The van der Waals surface area contributed by atoms with Gasteiger partial charge in [-0.25, -0.2) is 13.4 Å². The molecule has 0 unspecified atom stereocenters. The highest BCUT2D eigenvalue weighted by Gasteiger charge is 2.21. The number of rotatable bonds is 12. The first-order valence-corrected chi connectivity index (χ1v) is 15.7. The van der Waals surface area contributed by atoms with Gasteiger partial charge in [-0.15, -0.1) is 10.2 Å². The maximum atomic E-state index is 12.5. The fourth-order valence-electron chi connectivity index (χ4n) is 3.85. The number of nitrogens with one attached hydrogen (secondary N) is 1. The van der Waals surface area contributed by atoms with Crippen LogP contribution in [-0.2, 0) is 26.6 Å². The summed E-state index contributed by atoms with van der Waals surface area (Å²) in [5.74, 6) is 0.925. The number of halogens is 1. The lowest BCUT2D eigenvalue weighted by molar-refractivity contribution is -0.134. The minimum Gasteiger partial charge on any atom is -0.406 e. The fourth-order valence-corrected chi connectivity index (χ4v) is 5.80. The Hall–Kier alpha value is -3.22. The van der Waals surface area contributed by atoms with Gasteiger partial charge >= 0.3 is 5.97 Å². The Morgan fingerprint density at radius 3 is 2.53 bits per heavy atom. The zero-order valence-electron chi connectivity index (χ0n) is 20.9. The van der Waals surface area contributed by atoms with Gasteiger partial charge in [-0.05, 0) is 39.1 Å². The van der Waals surface area contributed by atoms with Crippen LogP contribution in [0.4, 0.5) is 0 Å². The van der Waals surface area contributed by atoms with E-state index >= 15 is 0 Å². The summed E-state index contributed by atoms with van der Waals surface area (Å²) in [5, 5.41) is 14.5. The van der Waals surface area contributed by atoms with E-state index in [0.717, 1.165) is 47.2 Å². The SMILES string of the molecule is CCCCc1nc(Cl)c(OC(=O)CCSS(C)(=O)=O)n1Cc1ccc(-c2ccccc2-c2nn[nH]n2)cc1. The molecule has 4 rings (SSSR count). The molecule has 0 aliphatic rings. The van der Waals surface area contributed by atoms with Crippen LogP contribution in [0.1, 0.15) is 37.6 Å². The van der Waals surface area contributed by atoms with Crippen LogP contribution in [0.15, 0.2) is 48.5 Å². The van der Waals surface area contributed by atoms with Crippen LogP contribution in [0.25, 0.3) is 22.5 Å². The number of unbranched alkanes of at least 4 members (excludes halogenated alkanes) is 1. The van der Waals surface area contributed by atoms with Crippen LogP contribution in [0, 0.1) is 0 Å². The molecule has 13 heteroatoms. The van der Waals surface area contributed by atoms with Crippen molar-refractivity contribution >= 4 is 37.2 Å². The van der Waals surface area contributed by atoms with Gasteiger partial charge in [-0.3, -0.25) is 9.36 Å². The highest BCUT2D eigenvalue weighted by atomic mass is 35.5. The number of hydrogen-bond acceptors (Lipinski definition) is 9. The smallest absolute Gasteiger partial charge is 0.313 e. The zero-order chi connectivity index (χ0) is 27.1. The molecule has 2 aromatic carbocycles. The van der Waals surface area contributed by atoms with Crippen LogP contribution < -0.4 is 4.74 Å². The maximum Gasteiger partial charge on any atom is 0.313 e. The van der Waals surface area contributed by atoms with E-state index in [-0.39, 0.29) is 23.2 Å². The Morgan fingerprint density at radius 2 is 1.87 bits per heavy atom. The number of ether oxygens (including phenoxy) is 1. The first-order valence-electron chi connectivity index (χ1n) is 12.0. The van der Waals surface area contributed by atoms with Gasteiger partial charge in [0.1, 0.15) is 5.82 Å². The van der Waals surface area contributed by atoms with E-state index in [1.54, 1.807) is 0 Å². The molecule has 1 N–H and O–H groups in total. The Labute approximate surface area is 229 Å². The molecule has 2 aromatic heterocycles. The molecule has 38 heavy (non-hydrogen) atoms. The van der Waals surface area contributed by atoms with Crippen LogP contribution in [-0.4, -0.2) is 56.6 Å². The van der Waals surface area contributed by atoms with Crippen LogP contribution in [0.3, 0.4) is 0 Å². The summed E-state index contributed by atoms with van der Waals surface area (Å²) in [7, 11) is -2.54. The van der Waals surface area contributed by atoms with Crippen molar-refractivity contribution in [2.45, 2.75) is 39.2 Å². The van der Waals surface area contributed by atoms with E-state index in [9.17, 15) is 13.2 Å². The number of aromatic amines is 1. The number of hydrogen-bond donors (Lipinski definition) is 1. The summed E-state index contributed by atoms with van der Waals surface area (Å²) in [4.78, 5) is 16.9. The molecule has 0 bridgehead atoms. The molecule has 2 heterocycles. The number of carbonyl (C=O) groups excluding carboxylic acids is 1. The van der Waals surface area contributed by atoms with Crippen molar-refractivity contribution < 1.29 is 17.9 Å². The third-order valence-electron chi connectivity index (χ3n) is 5.65. The van der Waals surface area contributed by atoms with Gasteiger partial charge in [0, 0.05) is 24.0 Å². The largest absolute Gasteiger partial charge is 0.406 e. The monoisotopic (exact) mass is 574 g/mol. The van der Waals surface area contributed by atoms with Gasteiger partial charge in [0.25, 0.3) is 0 Å². The molecule has 0 saturated heterocycles. The third-order valence-corrected chi connectivity index (χ3v) is 8.48. The molecular formula is C25H27ClN6O4S2. The van der Waals surface area contributed by atoms with Crippen molar-refractivity contribution in [3.05, 3.63) is 65.1 Å². The summed E-state index contributed by atoms with van der Waals surface area (Å²) in [5.41, 5.74) is 3.78. The second-order valence-electron chi connectivity index (χ2n) is 8.54. The molecule has 0 atom stereocenters. The predicted molar refractivity (Wildman–Crippen MR) is 148 cm³/mol. The number of aromatic nitrogens is 6. The summed E-state index contributed by atoms with van der Waals surface area (Å²) < 4.78 is 30.1. The summed E-state index contributed by atoms with van der Waals surface area (Å²) in [6.07, 6.45) is 3.57. The van der Waals surface area contributed by atoms with Gasteiger partial charge in [0.05, 0.1) is 13.0 Å². The summed E-state index contributed by atoms with van der Waals surface area (Å²) in [6, 6.07) is 15.8. The fraction of sp³-hybridized carbons (Fsp3) is 0.320. The number of H-pyrrole nitrogens is 1. The van der Waals surface area contributed by atoms with Crippen molar-refractivity contribution in [1.82, 2.24) is 30.2 Å². The van der Waals surface area contributed by atoms with Gasteiger partial charge in [0.2, 0.25) is 11.7 Å². The Kier molecular flexibility index (Phi) is 9.18. The molecule has 4 aromatic rings. The average Bonchev–Trinajstić information content (AvgIpc) is 3.52. The number of tetrazole rings is 1. The van der Waals surface area contributed by atoms with Gasteiger partial charge < -0.3 is 4.74 Å². The maximum absolute atomic E-state index is 12.5. The van der Waals surface area contributed by atoms with Crippen molar-refractivity contribution in [1.29, 1.82) is 0 Å². The molecule has 0 amide bonds. The molecular weight excluding hydrogens is 548 g/mol. The first kappa shape index (κ1) is 27.8.